The molecule has 2 rings (SSSR count). The van der Waals surface area contributed by atoms with Crippen molar-refractivity contribution in [1.29, 1.82) is 0 Å². The number of benzene rings is 2. The Morgan fingerprint density at radius 1 is 1.05 bits per heavy atom. The molecule has 0 spiro atoms. The summed E-state index contributed by atoms with van der Waals surface area (Å²) in [5, 5.41) is 3.54. The first kappa shape index (κ1) is 13.6. The van der Waals surface area contributed by atoms with Gasteiger partial charge in [-0.2, -0.15) is 0 Å². The summed E-state index contributed by atoms with van der Waals surface area (Å²) in [5.41, 5.74) is 2.63. The predicted molar refractivity (Wildman–Crippen MR) is 79.6 cm³/mol. The van der Waals surface area contributed by atoms with Crippen LogP contribution in [0.5, 0.6) is 5.75 Å². The average molecular weight is 255 g/mol. The van der Waals surface area contributed by atoms with Crippen LogP contribution in [0.15, 0.2) is 54.6 Å². The highest BCUT2D eigenvalue weighted by Crippen LogP contribution is 2.18. The molecule has 19 heavy (non-hydrogen) atoms. The van der Waals surface area contributed by atoms with Crippen molar-refractivity contribution in [3.05, 3.63) is 65.7 Å². The second-order valence-corrected chi connectivity index (χ2v) is 4.69. The molecule has 0 radical (unpaired) electrons. The fraction of sp³-hybridized carbons (Fsp3) is 0.294. The van der Waals surface area contributed by atoms with Crippen molar-refractivity contribution in [2.45, 2.75) is 19.4 Å². The molecule has 0 aliphatic carbocycles. The summed E-state index contributed by atoms with van der Waals surface area (Å²) in [7, 11) is 1.70. The zero-order valence-electron chi connectivity index (χ0n) is 11.6. The van der Waals surface area contributed by atoms with Crippen LogP contribution < -0.4 is 10.1 Å². The molecule has 2 aromatic carbocycles. The summed E-state index contributed by atoms with van der Waals surface area (Å²) in [4.78, 5) is 0. The van der Waals surface area contributed by atoms with E-state index in [-0.39, 0.29) is 0 Å². The maximum atomic E-state index is 5.25. The molecule has 1 atom stereocenters. The summed E-state index contributed by atoms with van der Waals surface area (Å²) in [5.74, 6) is 0.911. The van der Waals surface area contributed by atoms with Crippen LogP contribution >= 0.6 is 0 Å². The van der Waals surface area contributed by atoms with Gasteiger partial charge in [0.15, 0.2) is 0 Å². The minimum absolute atomic E-state index is 0.332. The van der Waals surface area contributed by atoms with Crippen LogP contribution in [0.1, 0.15) is 24.1 Å². The van der Waals surface area contributed by atoms with Crippen molar-refractivity contribution in [1.82, 2.24) is 5.32 Å². The van der Waals surface area contributed by atoms with Gasteiger partial charge in [0.1, 0.15) is 5.75 Å². The van der Waals surface area contributed by atoms with Gasteiger partial charge in [0.2, 0.25) is 0 Å². The second kappa shape index (κ2) is 6.95. The van der Waals surface area contributed by atoms with Crippen LogP contribution in [0.4, 0.5) is 0 Å². The zero-order valence-corrected chi connectivity index (χ0v) is 11.6. The number of hydrogen-bond acceptors (Lipinski definition) is 2. The Morgan fingerprint density at radius 2 is 1.84 bits per heavy atom. The molecule has 0 saturated carbocycles. The number of methoxy groups -OCH3 is 1. The fourth-order valence-electron chi connectivity index (χ4n) is 2.11. The second-order valence-electron chi connectivity index (χ2n) is 4.69. The summed E-state index contributed by atoms with van der Waals surface area (Å²) in [6.07, 6.45) is 1.05. The summed E-state index contributed by atoms with van der Waals surface area (Å²) in [6.45, 7) is 3.15. The zero-order chi connectivity index (χ0) is 13.5. The number of hydrogen-bond donors (Lipinski definition) is 1. The number of ether oxygens (including phenoxy) is 1. The third-order valence-electron chi connectivity index (χ3n) is 3.30. The molecule has 0 aliphatic rings. The van der Waals surface area contributed by atoms with Crippen LogP contribution in [0.2, 0.25) is 0 Å². The molecule has 1 unspecified atom stereocenters. The minimum atomic E-state index is 0.332. The maximum Gasteiger partial charge on any atom is 0.119 e. The Balaban J connectivity index is 1.85. The van der Waals surface area contributed by atoms with Gasteiger partial charge in [-0.25, -0.2) is 0 Å². The van der Waals surface area contributed by atoms with Gasteiger partial charge >= 0.3 is 0 Å². The van der Waals surface area contributed by atoms with Gasteiger partial charge in [-0.05, 0) is 43.1 Å². The van der Waals surface area contributed by atoms with E-state index in [0.29, 0.717) is 6.04 Å². The van der Waals surface area contributed by atoms with E-state index < -0.39 is 0 Å². The van der Waals surface area contributed by atoms with E-state index in [1.165, 1.54) is 11.1 Å². The smallest absolute Gasteiger partial charge is 0.119 e. The van der Waals surface area contributed by atoms with E-state index in [0.717, 1.165) is 18.7 Å². The summed E-state index contributed by atoms with van der Waals surface area (Å²) in [6, 6.07) is 19.1. The average Bonchev–Trinajstić information content (AvgIpc) is 2.48. The van der Waals surface area contributed by atoms with Crippen molar-refractivity contribution in [3.63, 3.8) is 0 Å². The van der Waals surface area contributed by atoms with Gasteiger partial charge in [0.25, 0.3) is 0 Å². The third-order valence-corrected chi connectivity index (χ3v) is 3.30. The SMILES string of the molecule is COc1cccc(C(C)NCCc2ccccc2)c1. The molecule has 100 valence electrons. The van der Waals surface area contributed by atoms with Crippen LogP contribution in [-0.2, 0) is 6.42 Å². The molecular formula is C17H21NO. The molecular weight excluding hydrogens is 234 g/mol. The van der Waals surface area contributed by atoms with Crippen LogP contribution in [0.3, 0.4) is 0 Å². The number of rotatable bonds is 6. The molecule has 0 bridgehead atoms. The normalized spacial score (nSPS) is 12.1. The first-order valence-electron chi connectivity index (χ1n) is 6.71. The molecule has 0 amide bonds. The van der Waals surface area contributed by atoms with Crippen molar-refractivity contribution in [2.75, 3.05) is 13.7 Å². The topological polar surface area (TPSA) is 21.3 Å². The fourth-order valence-corrected chi connectivity index (χ4v) is 2.11. The lowest BCUT2D eigenvalue weighted by molar-refractivity contribution is 0.413. The van der Waals surface area contributed by atoms with Crippen LogP contribution in [-0.4, -0.2) is 13.7 Å². The largest absolute Gasteiger partial charge is 0.497 e. The van der Waals surface area contributed by atoms with Crippen molar-refractivity contribution in [2.24, 2.45) is 0 Å². The lowest BCUT2D eigenvalue weighted by Crippen LogP contribution is -2.21. The number of nitrogens with one attached hydrogen (secondary N) is 1. The molecule has 1 N–H and O–H groups in total. The van der Waals surface area contributed by atoms with E-state index in [1.807, 2.05) is 12.1 Å². The van der Waals surface area contributed by atoms with Crippen molar-refractivity contribution >= 4 is 0 Å². The molecule has 0 aromatic heterocycles. The Hall–Kier alpha value is -1.80. The summed E-state index contributed by atoms with van der Waals surface area (Å²) >= 11 is 0. The van der Waals surface area contributed by atoms with E-state index in [9.17, 15) is 0 Å². The van der Waals surface area contributed by atoms with E-state index in [4.69, 9.17) is 4.74 Å². The van der Waals surface area contributed by atoms with E-state index in [2.05, 4.69) is 54.7 Å². The maximum absolute atomic E-state index is 5.25. The minimum Gasteiger partial charge on any atom is -0.497 e. The Labute approximate surface area is 115 Å². The highest BCUT2D eigenvalue weighted by atomic mass is 16.5. The molecule has 0 aliphatic heterocycles. The van der Waals surface area contributed by atoms with Crippen molar-refractivity contribution < 1.29 is 4.74 Å². The van der Waals surface area contributed by atoms with Gasteiger partial charge in [-0.3, -0.25) is 0 Å². The van der Waals surface area contributed by atoms with Crippen LogP contribution in [0, 0.1) is 0 Å². The van der Waals surface area contributed by atoms with Gasteiger partial charge in [0, 0.05) is 6.04 Å². The molecule has 2 aromatic rings. The highest BCUT2D eigenvalue weighted by molar-refractivity contribution is 5.30. The quantitative estimate of drug-likeness (QED) is 0.851. The molecule has 2 nitrogen and oxygen atoms in total. The monoisotopic (exact) mass is 255 g/mol. The van der Waals surface area contributed by atoms with Crippen LogP contribution in [0.25, 0.3) is 0 Å². The Morgan fingerprint density at radius 3 is 2.58 bits per heavy atom. The van der Waals surface area contributed by atoms with Gasteiger partial charge in [-0.1, -0.05) is 42.5 Å². The van der Waals surface area contributed by atoms with E-state index >= 15 is 0 Å². The summed E-state index contributed by atoms with van der Waals surface area (Å²) < 4.78 is 5.25. The molecule has 0 fully saturated rings. The molecule has 0 saturated heterocycles. The molecule has 2 heteroatoms. The Kier molecular flexibility index (Phi) is 4.99. The lowest BCUT2D eigenvalue weighted by atomic mass is 10.1. The first-order chi connectivity index (χ1) is 9.29. The highest BCUT2D eigenvalue weighted by Gasteiger charge is 2.05. The third kappa shape index (κ3) is 4.11. The lowest BCUT2D eigenvalue weighted by Gasteiger charge is -2.15. The standard InChI is InChI=1S/C17H21NO/c1-14(16-9-6-10-17(13-16)19-2)18-12-11-15-7-4-3-5-8-15/h3-10,13-14,18H,11-12H2,1-2H3. The van der Waals surface area contributed by atoms with Gasteiger partial charge in [0.05, 0.1) is 7.11 Å². The van der Waals surface area contributed by atoms with Crippen molar-refractivity contribution in [3.8, 4) is 5.75 Å². The Bertz CT molecular complexity index is 496. The molecule has 0 heterocycles. The first-order valence-corrected chi connectivity index (χ1v) is 6.71. The van der Waals surface area contributed by atoms with Gasteiger partial charge in [-0.15, -0.1) is 0 Å². The van der Waals surface area contributed by atoms with Gasteiger partial charge < -0.3 is 10.1 Å². The van der Waals surface area contributed by atoms with E-state index in [1.54, 1.807) is 7.11 Å². The predicted octanol–water partition coefficient (Wildman–Crippen LogP) is 3.59.